The van der Waals surface area contributed by atoms with Crippen LogP contribution in [0.25, 0.3) is 0 Å². The number of carbonyl (C=O) groups excluding carboxylic acids is 3. The van der Waals surface area contributed by atoms with E-state index in [2.05, 4.69) is 20.3 Å². The molecule has 0 spiro atoms. The van der Waals surface area contributed by atoms with Crippen LogP contribution >= 0.6 is 23.1 Å². The number of nitrogens with one attached hydrogen (secondary N) is 2. The molecule has 0 aliphatic heterocycles. The quantitative estimate of drug-likeness (QED) is 0.354. The number of benzene rings is 1. The third kappa shape index (κ3) is 6.38. The number of H-pyrrole nitrogens is 1. The number of hydrogen-bond acceptors (Lipinski definition) is 8. The number of aromatic nitrogens is 3. The van der Waals surface area contributed by atoms with Crippen molar-refractivity contribution in [1.82, 2.24) is 15.0 Å². The maximum atomic E-state index is 13.2. The number of aliphatic carboxylic acids is 1. The van der Waals surface area contributed by atoms with E-state index in [-0.39, 0.29) is 29.1 Å². The summed E-state index contributed by atoms with van der Waals surface area (Å²) in [5.41, 5.74) is 1.71. The fourth-order valence-electron chi connectivity index (χ4n) is 3.94. The van der Waals surface area contributed by atoms with Crippen molar-refractivity contribution in [3.8, 4) is 0 Å². The second-order valence-electron chi connectivity index (χ2n) is 8.43. The van der Waals surface area contributed by atoms with Gasteiger partial charge in [0, 0.05) is 18.3 Å². The molecule has 1 saturated carbocycles. The van der Waals surface area contributed by atoms with E-state index < -0.39 is 24.2 Å². The standard InChI is InChI=1S/C24H25N5O5S2/c1-14-6-8-16(9-7-14)29(21(34)15-4-2-3-5-15)19(31)13-18(30)28-24-27-17(12-20(32)33)22(36-24)35-23-25-10-11-26-23/h6-11,15H,2-5,12-13H2,1H3,(H,25,26)(H,32,33)(H,27,28,30). The van der Waals surface area contributed by atoms with E-state index in [0.29, 0.717) is 15.1 Å². The van der Waals surface area contributed by atoms with Gasteiger partial charge >= 0.3 is 5.97 Å². The molecule has 3 amide bonds. The number of anilines is 2. The number of aryl methyl sites for hydroxylation is 1. The van der Waals surface area contributed by atoms with Gasteiger partial charge in [-0.05, 0) is 43.7 Å². The number of amides is 3. The van der Waals surface area contributed by atoms with Crippen molar-refractivity contribution in [2.24, 2.45) is 5.92 Å². The molecule has 0 radical (unpaired) electrons. The lowest BCUT2D eigenvalue weighted by Gasteiger charge is -2.24. The lowest BCUT2D eigenvalue weighted by atomic mass is 10.1. The molecular formula is C24H25N5O5S2. The highest BCUT2D eigenvalue weighted by atomic mass is 32.2. The minimum atomic E-state index is -1.06. The molecule has 0 bridgehead atoms. The lowest BCUT2D eigenvalue weighted by Crippen LogP contribution is -2.42. The molecule has 1 aliphatic rings. The molecule has 4 rings (SSSR count). The molecule has 10 nitrogen and oxygen atoms in total. The number of rotatable bonds is 9. The summed E-state index contributed by atoms with van der Waals surface area (Å²) in [5, 5.41) is 12.5. The second-order valence-corrected chi connectivity index (χ2v) is 10.7. The van der Waals surface area contributed by atoms with Gasteiger partial charge < -0.3 is 15.4 Å². The fourth-order valence-corrected chi connectivity index (χ4v) is 5.97. The summed E-state index contributed by atoms with van der Waals surface area (Å²) in [4.78, 5) is 62.8. The van der Waals surface area contributed by atoms with Gasteiger partial charge in [-0.25, -0.2) is 14.9 Å². The Morgan fingerprint density at radius 1 is 1.19 bits per heavy atom. The largest absolute Gasteiger partial charge is 0.481 e. The topological polar surface area (TPSA) is 145 Å². The smallest absolute Gasteiger partial charge is 0.309 e. The summed E-state index contributed by atoms with van der Waals surface area (Å²) in [5.74, 6) is -2.85. The van der Waals surface area contributed by atoms with Gasteiger partial charge in [0.1, 0.15) is 6.42 Å². The minimum Gasteiger partial charge on any atom is -0.481 e. The third-order valence-electron chi connectivity index (χ3n) is 5.67. The first-order valence-electron chi connectivity index (χ1n) is 11.4. The predicted molar refractivity (Wildman–Crippen MR) is 135 cm³/mol. The Morgan fingerprint density at radius 2 is 1.92 bits per heavy atom. The molecule has 2 aromatic heterocycles. The molecule has 0 atom stereocenters. The van der Waals surface area contributed by atoms with Crippen LogP contribution in [-0.4, -0.2) is 43.7 Å². The number of imidazole rings is 1. The number of thiazole rings is 1. The Morgan fingerprint density at radius 3 is 2.56 bits per heavy atom. The molecule has 1 fully saturated rings. The van der Waals surface area contributed by atoms with Crippen LogP contribution in [0.2, 0.25) is 0 Å². The van der Waals surface area contributed by atoms with Crippen LogP contribution < -0.4 is 10.2 Å². The van der Waals surface area contributed by atoms with Crippen LogP contribution in [-0.2, 0) is 25.6 Å². The third-order valence-corrected chi connectivity index (χ3v) is 7.81. The summed E-state index contributed by atoms with van der Waals surface area (Å²) in [6, 6.07) is 7.04. The molecule has 188 valence electrons. The van der Waals surface area contributed by atoms with Gasteiger partial charge in [-0.1, -0.05) is 41.9 Å². The van der Waals surface area contributed by atoms with Crippen molar-refractivity contribution >= 4 is 57.6 Å². The van der Waals surface area contributed by atoms with Gasteiger partial charge in [0.05, 0.1) is 22.0 Å². The molecule has 0 unspecified atom stereocenters. The monoisotopic (exact) mass is 527 g/mol. The fraction of sp³-hybridized carbons (Fsp3) is 0.333. The second kappa shape index (κ2) is 11.5. The Bertz CT molecular complexity index is 1250. The highest BCUT2D eigenvalue weighted by Crippen LogP contribution is 2.36. The van der Waals surface area contributed by atoms with E-state index in [1.807, 2.05) is 19.1 Å². The highest BCUT2D eigenvalue weighted by molar-refractivity contribution is 8.01. The molecule has 1 aliphatic carbocycles. The molecule has 1 aromatic carbocycles. The van der Waals surface area contributed by atoms with Crippen LogP contribution in [0.4, 0.5) is 10.8 Å². The van der Waals surface area contributed by atoms with E-state index in [1.165, 1.54) is 11.8 Å². The summed E-state index contributed by atoms with van der Waals surface area (Å²) in [6.07, 6.45) is 5.65. The average molecular weight is 528 g/mol. The summed E-state index contributed by atoms with van der Waals surface area (Å²) < 4.78 is 0.562. The van der Waals surface area contributed by atoms with Crippen LogP contribution in [0.1, 0.15) is 43.4 Å². The highest BCUT2D eigenvalue weighted by Gasteiger charge is 2.33. The SMILES string of the molecule is Cc1ccc(N(C(=O)CC(=O)Nc2nc(CC(=O)O)c(Sc3ncc[nH]3)s2)C(=O)C2CCCC2)cc1. The van der Waals surface area contributed by atoms with Crippen LogP contribution in [0.5, 0.6) is 0 Å². The zero-order valence-electron chi connectivity index (χ0n) is 19.5. The number of nitrogens with zero attached hydrogens (tertiary/aromatic N) is 3. The van der Waals surface area contributed by atoms with Crippen molar-refractivity contribution in [2.75, 3.05) is 10.2 Å². The van der Waals surface area contributed by atoms with Crippen molar-refractivity contribution in [1.29, 1.82) is 0 Å². The van der Waals surface area contributed by atoms with Crippen LogP contribution in [0.3, 0.4) is 0 Å². The number of imide groups is 1. The van der Waals surface area contributed by atoms with E-state index in [0.717, 1.165) is 47.5 Å². The molecule has 2 heterocycles. The van der Waals surface area contributed by atoms with E-state index in [9.17, 15) is 24.3 Å². The van der Waals surface area contributed by atoms with Crippen molar-refractivity contribution in [3.63, 3.8) is 0 Å². The molecule has 12 heteroatoms. The Labute approximate surface area is 215 Å². The van der Waals surface area contributed by atoms with Gasteiger partial charge in [0.2, 0.25) is 17.7 Å². The number of aromatic amines is 1. The van der Waals surface area contributed by atoms with E-state index >= 15 is 0 Å². The Hall–Kier alpha value is -3.51. The normalized spacial score (nSPS) is 13.5. The zero-order chi connectivity index (χ0) is 25.7. The molecule has 3 aromatic rings. The minimum absolute atomic E-state index is 0.169. The molecule has 3 N–H and O–H groups in total. The van der Waals surface area contributed by atoms with Gasteiger partial charge in [0.15, 0.2) is 10.3 Å². The number of carboxylic acids is 1. The Kier molecular flexibility index (Phi) is 8.16. The predicted octanol–water partition coefficient (Wildman–Crippen LogP) is 4.03. The summed E-state index contributed by atoms with van der Waals surface area (Å²) in [7, 11) is 0. The summed E-state index contributed by atoms with van der Waals surface area (Å²) in [6.45, 7) is 1.91. The first-order valence-corrected chi connectivity index (χ1v) is 13.1. The number of carboxylic acid groups (broad SMARTS) is 1. The first kappa shape index (κ1) is 25.6. The maximum absolute atomic E-state index is 13.2. The van der Waals surface area contributed by atoms with Crippen molar-refractivity contribution < 1.29 is 24.3 Å². The van der Waals surface area contributed by atoms with E-state index in [1.54, 1.807) is 24.5 Å². The number of carbonyl (C=O) groups is 4. The summed E-state index contributed by atoms with van der Waals surface area (Å²) >= 11 is 2.29. The molecule has 36 heavy (non-hydrogen) atoms. The van der Waals surface area contributed by atoms with Gasteiger partial charge in [-0.3, -0.25) is 19.2 Å². The number of hydrogen-bond donors (Lipinski definition) is 3. The van der Waals surface area contributed by atoms with E-state index in [4.69, 9.17) is 0 Å². The van der Waals surface area contributed by atoms with Crippen LogP contribution in [0.15, 0.2) is 46.0 Å². The molecular weight excluding hydrogens is 502 g/mol. The van der Waals surface area contributed by atoms with Gasteiger partial charge in [-0.15, -0.1) is 0 Å². The zero-order valence-corrected chi connectivity index (χ0v) is 21.2. The molecule has 0 saturated heterocycles. The van der Waals surface area contributed by atoms with Crippen molar-refractivity contribution in [3.05, 3.63) is 47.9 Å². The van der Waals surface area contributed by atoms with Gasteiger partial charge in [0.25, 0.3) is 0 Å². The lowest BCUT2D eigenvalue weighted by molar-refractivity contribution is -0.136. The maximum Gasteiger partial charge on any atom is 0.309 e. The average Bonchev–Trinajstić information content (AvgIpc) is 3.59. The first-order chi connectivity index (χ1) is 17.3. The van der Waals surface area contributed by atoms with Crippen LogP contribution in [0, 0.1) is 12.8 Å². The van der Waals surface area contributed by atoms with Gasteiger partial charge in [-0.2, -0.15) is 0 Å². The Balaban J connectivity index is 1.49. The van der Waals surface area contributed by atoms with Crippen molar-refractivity contribution in [2.45, 2.75) is 54.8 Å².